The monoisotopic (exact) mass is 301 g/mol. The number of aromatic amines is 1. The number of nitrogens with one attached hydrogen (secondary N) is 3. The van der Waals surface area contributed by atoms with E-state index >= 15 is 0 Å². The molecule has 5 nitrogen and oxygen atoms in total. The standard InChI is InChI=1S/C17H27N5/c1-4-18-17(19-11-9-13(2)3)20-12-10-16-21-14-7-5-6-8-15(14)22-16/h5-8,13H,4,9-12H2,1-3H3,(H,21,22)(H2,18,19,20). The molecule has 0 spiro atoms. The molecule has 0 unspecified atom stereocenters. The SMILES string of the molecule is CCNC(=NCCC(C)C)NCCc1nc2ccccc2[nH]1. The Hall–Kier alpha value is -2.04. The highest BCUT2D eigenvalue weighted by Gasteiger charge is 2.03. The minimum atomic E-state index is 0.683. The van der Waals surface area contributed by atoms with Crippen LogP contribution in [0, 0.1) is 5.92 Å². The van der Waals surface area contributed by atoms with Crippen molar-refractivity contribution in [3.8, 4) is 0 Å². The molecule has 0 fully saturated rings. The zero-order chi connectivity index (χ0) is 15.8. The number of hydrogen-bond acceptors (Lipinski definition) is 2. The zero-order valence-corrected chi connectivity index (χ0v) is 13.8. The Labute approximate surface area is 132 Å². The van der Waals surface area contributed by atoms with Crippen molar-refractivity contribution in [3.63, 3.8) is 0 Å². The maximum atomic E-state index is 4.59. The highest BCUT2D eigenvalue weighted by atomic mass is 15.2. The van der Waals surface area contributed by atoms with Crippen molar-refractivity contribution in [2.75, 3.05) is 19.6 Å². The number of H-pyrrole nitrogens is 1. The van der Waals surface area contributed by atoms with E-state index in [-0.39, 0.29) is 0 Å². The van der Waals surface area contributed by atoms with Gasteiger partial charge in [0.05, 0.1) is 11.0 Å². The summed E-state index contributed by atoms with van der Waals surface area (Å²) in [5.41, 5.74) is 2.12. The van der Waals surface area contributed by atoms with Crippen molar-refractivity contribution in [1.29, 1.82) is 0 Å². The van der Waals surface area contributed by atoms with Gasteiger partial charge in [-0.2, -0.15) is 0 Å². The number of rotatable bonds is 7. The van der Waals surface area contributed by atoms with E-state index < -0.39 is 0 Å². The summed E-state index contributed by atoms with van der Waals surface area (Å²) in [7, 11) is 0. The first-order valence-electron chi connectivity index (χ1n) is 8.15. The number of hydrogen-bond donors (Lipinski definition) is 3. The summed E-state index contributed by atoms with van der Waals surface area (Å²) in [4.78, 5) is 12.5. The van der Waals surface area contributed by atoms with Crippen molar-refractivity contribution in [2.24, 2.45) is 10.9 Å². The van der Waals surface area contributed by atoms with Gasteiger partial charge in [-0.25, -0.2) is 4.98 Å². The van der Waals surface area contributed by atoms with Crippen LogP contribution in [0.15, 0.2) is 29.3 Å². The minimum absolute atomic E-state index is 0.683. The first kappa shape index (κ1) is 16.3. The third-order valence-electron chi connectivity index (χ3n) is 3.41. The van der Waals surface area contributed by atoms with Gasteiger partial charge in [0.2, 0.25) is 0 Å². The summed E-state index contributed by atoms with van der Waals surface area (Å²) in [6.07, 6.45) is 1.96. The third-order valence-corrected chi connectivity index (χ3v) is 3.41. The van der Waals surface area contributed by atoms with Crippen LogP contribution in [-0.4, -0.2) is 35.6 Å². The normalized spacial score (nSPS) is 12.1. The molecule has 0 radical (unpaired) electrons. The highest BCUT2D eigenvalue weighted by Crippen LogP contribution is 2.10. The molecule has 0 aliphatic rings. The van der Waals surface area contributed by atoms with Gasteiger partial charge >= 0.3 is 0 Å². The van der Waals surface area contributed by atoms with Crippen molar-refractivity contribution in [1.82, 2.24) is 20.6 Å². The lowest BCUT2D eigenvalue weighted by atomic mass is 10.1. The molecule has 0 amide bonds. The minimum Gasteiger partial charge on any atom is -0.357 e. The first-order valence-corrected chi connectivity index (χ1v) is 8.15. The van der Waals surface area contributed by atoms with Crippen molar-refractivity contribution in [2.45, 2.75) is 33.6 Å². The molecule has 1 aromatic carbocycles. The molecule has 1 aromatic heterocycles. The molecule has 0 saturated heterocycles. The topological polar surface area (TPSA) is 65.1 Å². The fourth-order valence-electron chi connectivity index (χ4n) is 2.20. The molecule has 120 valence electrons. The molecule has 0 atom stereocenters. The second-order valence-electron chi connectivity index (χ2n) is 5.82. The maximum Gasteiger partial charge on any atom is 0.191 e. The smallest absolute Gasteiger partial charge is 0.191 e. The lowest BCUT2D eigenvalue weighted by Gasteiger charge is -2.11. The number of benzene rings is 1. The van der Waals surface area contributed by atoms with Crippen LogP contribution in [0.3, 0.4) is 0 Å². The second-order valence-corrected chi connectivity index (χ2v) is 5.82. The Bertz CT molecular complexity index is 567. The van der Waals surface area contributed by atoms with Crippen LogP contribution in [0.2, 0.25) is 0 Å². The largest absolute Gasteiger partial charge is 0.357 e. The van der Waals surface area contributed by atoms with Crippen LogP contribution in [-0.2, 0) is 6.42 Å². The maximum absolute atomic E-state index is 4.59. The van der Waals surface area contributed by atoms with Gasteiger partial charge in [-0.1, -0.05) is 26.0 Å². The summed E-state index contributed by atoms with van der Waals surface area (Å²) in [6, 6.07) is 8.11. The summed E-state index contributed by atoms with van der Waals surface area (Å²) >= 11 is 0. The van der Waals surface area contributed by atoms with Gasteiger partial charge in [-0.05, 0) is 31.4 Å². The van der Waals surface area contributed by atoms with Crippen LogP contribution in [0.25, 0.3) is 11.0 Å². The molecule has 22 heavy (non-hydrogen) atoms. The number of guanidine groups is 1. The number of imidazole rings is 1. The zero-order valence-electron chi connectivity index (χ0n) is 13.8. The van der Waals surface area contributed by atoms with Gasteiger partial charge in [-0.15, -0.1) is 0 Å². The average molecular weight is 301 g/mol. The van der Waals surface area contributed by atoms with E-state index in [4.69, 9.17) is 0 Å². The molecule has 0 aliphatic heterocycles. The Balaban J connectivity index is 1.84. The Morgan fingerprint density at radius 3 is 2.82 bits per heavy atom. The first-order chi connectivity index (χ1) is 10.7. The molecule has 3 N–H and O–H groups in total. The van der Waals surface area contributed by atoms with Gasteiger partial charge in [0.1, 0.15) is 5.82 Å². The molecule has 2 rings (SSSR count). The van der Waals surface area contributed by atoms with E-state index in [9.17, 15) is 0 Å². The number of aliphatic imine (C=N–C) groups is 1. The van der Waals surface area contributed by atoms with Gasteiger partial charge in [-0.3, -0.25) is 4.99 Å². The molecular formula is C17H27N5. The van der Waals surface area contributed by atoms with E-state index in [1.165, 1.54) is 0 Å². The van der Waals surface area contributed by atoms with Gasteiger partial charge in [0, 0.05) is 26.1 Å². The molecule has 5 heteroatoms. The van der Waals surface area contributed by atoms with E-state index in [1.54, 1.807) is 0 Å². The van der Waals surface area contributed by atoms with Crippen LogP contribution in [0.4, 0.5) is 0 Å². The fourth-order valence-corrected chi connectivity index (χ4v) is 2.20. The number of fused-ring (bicyclic) bond motifs is 1. The predicted octanol–water partition coefficient (Wildman–Crippen LogP) is 2.71. The van der Waals surface area contributed by atoms with E-state index in [0.29, 0.717) is 5.92 Å². The van der Waals surface area contributed by atoms with Crippen LogP contribution in [0.5, 0.6) is 0 Å². The summed E-state index contributed by atoms with van der Waals surface area (Å²) in [5.74, 6) is 2.58. The summed E-state index contributed by atoms with van der Waals surface area (Å²) < 4.78 is 0. The quantitative estimate of drug-likeness (QED) is 0.544. The highest BCUT2D eigenvalue weighted by molar-refractivity contribution is 5.79. The van der Waals surface area contributed by atoms with E-state index in [0.717, 1.165) is 55.3 Å². The molecule has 0 bridgehead atoms. The van der Waals surface area contributed by atoms with Crippen LogP contribution < -0.4 is 10.6 Å². The van der Waals surface area contributed by atoms with E-state index in [1.807, 2.05) is 18.2 Å². The predicted molar refractivity (Wildman–Crippen MR) is 93.2 cm³/mol. The Morgan fingerprint density at radius 1 is 1.27 bits per heavy atom. The van der Waals surface area contributed by atoms with Gasteiger partial charge in [0.15, 0.2) is 5.96 Å². The second kappa shape index (κ2) is 8.41. The van der Waals surface area contributed by atoms with Crippen LogP contribution >= 0.6 is 0 Å². The van der Waals surface area contributed by atoms with E-state index in [2.05, 4.69) is 52.4 Å². The van der Waals surface area contributed by atoms with Gasteiger partial charge < -0.3 is 15.6 Å². The third kappa shape index (κ3) is 5.06. The van der Waals surface area contributed by atoms with Crippen LogP contribution in [0.1, 0.15) is 33.0 Å². The average Bonchev–Trinajstić information content (AvgIpc) is 2.89. The molecule has 0 aliphatic carbocycles. The molecule has 1 heterocycles. The fraction of sp³-hybridized carbons (Fsp3) is 0.529. The number of nitrogens with zero attached hydrogens (tertiary/aromatic N) is 2. The van der Waals surface area contributed by atoms with Crippen molar-refractivity contribution < 1.29 is 0 Å². The molecule has 0 saturated carbocycles. The lowest BCUT2D eigenvalue weighted by molar-refractivity contribution is 0.594. The summed E-state index contributed by atoms with van der Waals surface area (Å²) in [6.45, 7) is 9.07. The van der Waals surface area contributed by atoms with Crippen molar-refractivity contribution >= 4 is 17.0 Å². The molecular weight excluding hydrogens is 274 g/mol. The number of aromatic nitrogens is 2. The van der Waals surface area contributed by atoms with Crippen molar-refractivity contribution in [3.05, 3.63) is 30.1 Å². The molecule has 2 aromatic rings. The van der Waals surface area contributed by atoms with Gasteiger partial charge in [0.25, 0.3) is 0 Å². The Morgan fingerprint density at radius 2 is 2.09 bits per heavy atom. The summed E-state index contributed by atoms with van der Waals surface area (Å²) in [5, 5.41) is 6.64. The number of para-hydroxylation sites is 2. The lowest BCUT2D eigenvalue weighted by Crippen LogP contribution is -2.38. The Kier molecular flexibility index (Phi) is 6.25.